The molecule has 20 heavy (non-hydrogen) atoms. The summed E-state index contributed by atoms with van der Waals surface area (Å²) in [4.78, 5) is 26.5. The van der Waals surface area contributed by atoms with Gasteiger partial charge in [0.25, 0.3) is 5.91 Å². The third kappa shape index (κ3) is 4.61. The number of aliphatic hydroxyl groups is 1. The molecule has 0 fully saturated rings. The molecule has 0 bridgehead atoms. The van der Waals surface area contributed by atoms with Gasteiger partial charge in [-0.25, -0.2) is 0 Å². The maximum Gasteiger partial charge on any atom is 0.261 e. The first-order valence-electron chi connectivity index (χ1n) is 6.73. The predicted molar refractivity (Wildman–Crippen MR) is 79.8 cm³/mol. The first kappa shape index (κ1) is 16.7. The third-order valence-electron chi connectivity index (χ3n) is 2.93. The zero-order valence-electron chi connectivity index (χ0n) is 12.1. The standard InChI is InChI=1S/C14H22N2O3S/c1-10(2)16(7-5-8-17)14(19)11(3)15-13(18)12-6-4-9-20-12/h4,6,9-11,17H,5,7-8H2,1-3H3,(H,15,18). The van der Waals surface area contributed by atoms with Crippen LogP contribution in [0.5, 0.6) is 0 Å². The number of rotatable bonds is 7. The second kappa shape index (κ2) is 8.01. The van der Waals surface area contributed by atoms with Crippen molar-refractivity contribution >= 4 is 23.2 Å². The summed E-state index contributed by atoms with van der Waals surface area (Å²) in [7, 11) is 0. The fourth-order valence-electron chi connectivity index (χ4n) is 1.85. The van der Waals surface area contributed by atoms with Crippen molar-refractivity contribution in [2.75, 3.05) is 13.2 Å². The smallest absolute Gasteiger partial charge is 0.261 e. The number of nitrogens with one attached hydrogen (secondary N) is 1. The topological polar surface area (TPSA) is 69.6 Å². The Morgan fingerprint density at radius 3 is 2.60 bits per heavy atom. The highest BCUT2D eigenvalue weighted by atomic mass is 32.1. The molecular formula is C14H22N2O3S. The van der Waals surface area contributed by atoms with Gasteiger partial charge in [0.05, 0.1) is 4.88 Å². The number of nitrogens with zero attached hydrogens (tertiary/aromatic N) is 1. The number of thiophene rings is 1. The molecule has 0 spiro atoms. The number of hydrogen-bond donors (Lipinski definition) is 2. The van der Waals surface area contributed by atoms with Gasteiger partial charge in [-0.05, 0) is 38.6 Å². The highest BCUT2D eigenvalue weighted by molar-refractivity contribution is 7.12. The van der Waals surface area contributed by atoms with Crippen molar-refractivity contribution in [3.63, 3.8) is 0 Å². The first-order chi connectivity index (χ1) is 9.47. The summed E-state index contributed by atoms with van der Waals surface area (Å²) >= 11 is 1.34. The summed E-state index contributed by atoms with van der Waals surface area (Å²) in [5.41, 5.74) is 0. The molecule has 0 aliphatic heterocycles. The minimum atomic E-state index is -0.578. The van der Waals surface area contributed by atoms with Gasteiger partial charge in [0.1, 0.15) is 6.04 Å². The van der Waals surface area contributed by atoms with Gasteiger partial charge in [0.2, 0.25) is 5.91 Å². The van der Waals surface area contributed by atoms with Crippen molar-refractivity contribution in [3.05, 3.63) is 22.4 Å². The van der Waals surface area contributed by atoms with E-state index in [2.05, 4.69) is 5.32 Å². The fraction of sp³-hybridized carbons (Fsp3) is 0.571. The van der Waals surface area contributed by atoms with Crippen LogP contribution >= 0.6 is 11.3 Å². The lowest BCUT2D eigenvalue weighted by atomic mass is 10.2. The van der Waals surface area contributed by atoms with Crippen LogP contribution in [0.15, 0.2) is 17.5 Å². The molecule has 0 saturated heterocycles. The summed E-state index contributed by atoms with van der Waals surface area (Å²) in [5, 5.41) is 13.4. The van der Waals surface area contributed by atoms with E-state index in [0.717, 1.165) is 0 Å². The van der Waals surface area contributed by atoms with Crippen molar-refractivity contribution in [1.29, 1.82) is 0 Å². The second-order valence-electron chi connectivity index (χ2n) is 4.87. The van der Waals surface area contributed by atoms with Gasteiger partial charge in [-0.2, -0.15) is 0 Å². The van der Waals surface area contributed by atoms with E-state index in [-0.39, 0.29) is 24.5 Å². The molecular weight excluding hydrogens is 276 g/mol. The number of aliphatic hydroxyl groups excluding tert-OH is 1. The lowest BCUT2D eigenvalue weighted by Crippen LogP contribution is -2.49. The maximum absolute atomic E-state index is 12.3. The van der Waals surface area contributed by atoms with Crippen LogP contribution in [0.3, 0.4) is 0 Å². The Bertz CT molecular complexity index is 432. The normalized spacial score (nSPS) is 12.2. The zero-order chi connectivity index (χ0) is 15.1. The summed E-state index contributed by atoms with van der Waals surface area (Å²) in [6, 6.07) is 2.98. The molecule has 0 aliphatic rings. The predicted octanol–water partition coefficient (Wildman–Crippen LogP) is 1.49. The minimum absolute atomic E-state index is 0.0372. The molecule has 1 aromatic rings. The average molecular weight is 298 g/mol. The summed E-state index contributed by atoms with van der Waals surface area (Å²) in [6.07, 6.45) is 0.537. The quantitative estimate of drug-likeness (QED) is 0.801. The van der Waals surface area contributed by atoms with Gasteiger partial charge in [0, 0.05) is 19.2 Å². The summed E-state index contributed by atoms with van der Waals surface area (Å²) in [5.74, 6) is -0.356. The number of carbonyl (C=O) groups is 2. The molecule has 2 N–H and O–H groups in total. The number of carbonyl (C=O) groups excluding carboxylic acids is 2. The van der Waals surface area contributed by atoms with Crippen LogP contribution in [0.1, 0.15) is 36.9 Å². The molecule has 1 heterocycles. The molecule has 0 aromatic carbocycles. The SMILES string of the molecule is CC(NC(=O)c1cccs1)C(=O)N(CCCO)C(C)C. The lowest BCUT2D eigenvalue weighted by Gasteiger charge is -2.29. The van der Waals surface area contributed by atoms with Crippen LogP contribution in [-0.4, -0.2) is 47.1 Å². The summed E-state index contributed by atoms with van der Waals surface area (Å²) < 4.78 is 0. The molecule has 1 rings (SSSR count). The Morgan fingerprint density at radius 1 is 1.40 bits per heavy atom. The first-order valence-corrected chi connectivity index (χ1v) is 7.61. The molecule has 5 nitrogen and oxygen atoms in total. The summed E-state index contributed by atoms with van der Waals surface area (Å²) in [6.45, 7) is 6.06. The van der Waals surface area contributed by atoms with E-state index < -0.39 is 6.04 Å². The fourth-order valence-corrected chi connectivity index (χ4v) is 2.48. The Hall–Kier alpha value is -1.40. The van der Waals surface area contributed by atoms with E-state index in [1.807, 2.05) is 19.2 Å². The largest absolute Gasteiger partial charge is 0.396 e. The van der Waals surface area contributed by atoms with Crippen molar-refractivity contribution < 1.29 is 14.7 Å². The van der Waals surface area contributed by atoms with Gasteiger partial charge >= 0.3 is 0 Å². The van der Waals surface area contributed by atoms with Gasteiger partial charge in [0.15, 0.2) is 0 Å². The van der Waals surface area contributed by atoms with Crippen LogP contribution in [0, 0.1) is 0 Å². The molecule has 1 atom stereocenters. The van der Waals surface area contributed by atoms with Gasteiger partial charge in [-0.3, -0.25) is 9.59 Å². The van der Waals surface area contributed by atoms with E-state index in [0.29, 0.717) is 17.8 Å². The Balaban J connectivity index is 2.62. The van der Waals surface area contributed by atoms with Crippen molar-refractivity contribution in [3.8, 4) is 0 Å². The van der Waals surface area contributed by atoms with Gasteiger partial charge in [-0.1, -0.05) is 6.07 Å². The molecule has 2 amide bonds. The van der Waals surface area contributed by atoms with E-state index in [1.54, 1.807) is 24.0 Å². The Labute approximate surface area is 123 Å². The molecule has 1 aromatic heterocycles. The van der Waals surface area contributed by atoms with Crippen LogP contribution in [0.4, 0.5) is 0 Å². The highest BCUT2D eigenvalue weighted by Gasteiger charge is 2.24. The van der Waals surface area contributed by atoms with E-state index in [1.165, 1.54) is 11.3 Å². The van der Waals surface area contributed by atoms with Crippen molar-refractivity contribution in [1.82, 2.24) is 10.2 Å². The number of amides is 2. The van der Waals surface area contributed by atoms with Gasteiger partial charge < -0.3 is 15.3 Å². The van der Waals surface area contributed by atoms with Crippen LogP contribution in [-0.2, 0) is 4.79 Å². The van der Waals surface area contributed by atoms with Crippen LogP contribution < -0.4 is 5.32 Å². The Morgan fingerprint density at radius 2 is 2.10 bits per heavy atom. The Kier molecular flexibility index (Phi) is 6.67. The molecule has 0 saturated carbocycles. The molecule has 0 radical (unpaired) electrons. The van der Waals surface area contributed by atoms with Crippen molar-refractivity contribution in [2.45, 2.75) is 39.3 Å². The third-order valence-corrected chi connectivity index (χ3v) is 3.80. The minimum Gasteiger partial charge on any atom is -0.396 e. The highest BCUT2D eigenvalue weighted by Crippen LogP contribution is 2.09. The monoisotopic (exact) mass is 298 g/mol. The second-order valence-corrected chi connectivity index (χ2v) is 5.82. The zero-order valence-corrected chi connectivity index (χ0v) is 12.9. The van der Waals surface area contributed by atoms with Crippen molar-refractivity contribution in [2.24, 2.45) is 0 Å². The van der Waals surface area contributed by atoms with E-state index >= 15 is 0 Å². The van der Waals surface area contributed by atoms with Crippen LogP contribution in [0.25, 0.3) is 0 Å². The average Bonchev–Trinajstić information content (AvgIpc) is 2.92. The lowest BCUT2D eigenvalue weighted by molar-refractivity contribution is -0.134. The maximum atomic E-state index is 12.3. The number of hydrogen-bond acceptors (Lipinski definition) is 4. The van der Waals surface area contributed by atoms with Gasteiger partial charge in [-0.15, -0.1) is 11.3 Å². The molecule has 0 aliphatic carbocycles. The van der Waals surface area contributed by atoms with Crippen LogP contribution in [0.2, 0.25) is 0 Å². The molecule has 6 heteroatoms. The van der Waals surface area contributed by atoms with E-state index in [9.17, 15) is 9.59 Å². The molecule has 1 unspecified atom stereocenters. The molecule has 112 valence electrons. The van der Waals surface area contributed by atoms with E-state index in [4.69, 9.17) is 5.11 Å².